The van der Waals surface area contributed by atoms with Gasteiger partial charge in [-0.2, -0.15) is 5.10 Å². The van der Waals surface area contributed by atoms with Gasteiger partial charge in [0, 0.05) is 12.5 Å². The number of amides is 1. The molecule has 1 aromatic heterocycles. The lowest BCUT2D eigenvalue weighted by Gasteiger charge is -2.25. The SMILES string of the molecule is CCCCC(=O)NN=C(CC)c1c(O)n(C2CCCCC2)c(=O)[nH]c1=O. The summed E-state index contributed by atoms with van der Waals surface area (Å²) in [4.78, 5) is 38.6. The van der Waals surface area contributed by atoms with E-state index in [1.54, 1.807) is 6.92 Å². The number of aromatic nitrogens is 2. The third kappa shape index (κ3) is 4.62. The van der Waals surface area contributed by atoms with Gasteiger partial charge in [-0.15, -0.1) is 0 Å². The van der Waals surface area contributed by atoms with Crippen LogP contribution >= 0.6 is 0 Å². The Morgan fingerprint density at radius 2 is 1.96 bits per heavy atom. The number of nitrogens with one attached hydrogen (secondary N) is 2. The molecule has 0 radical (unpaired) electrons. The number of nitrogens with zero attached hydrogens (tertiary/aromatic N) is 2. The zero-order chi connectivity index (χ0) is 19.1. The maximum atomic E-state index is 12.3. The number of carbonyl (C=O) groups is 1. The molecule has 0 saturated heterocycles. The van der Waals surface area contributed by atoms with E-state index in [-0.39, 0.29) is 29.1 Å². The maximum absolute atomic E-state index is 12.3. The van der Waals surface area contributed by atoms with E-state index >= 15 is 0 Å². The molecule has 1 aromatic rings. The quantitative estimate of drug-likeness (QED) is 0.508. The summed E-state index contributed by atoms with van der Waals surface area (Å²) in [6.45, 7) is 3.76. The molecule has 1 heterocycles. The Balaban J connectivity index is 2.38. The van der Waals surface area contributed by atoms with Gasteiger partial charge in [-0.1, -0.05) is 39.5 Å². The van der Waals surface area contributed by atoms with Crippen LogP contribution in [0.15, 0.2) is 14.7 Å². The Morgan fingerprint density at radius 1 is 1.27 bits per heavy atom. The van der Waals surface area contributed by atoms with Gasteiger partial charge in [-0.25, -0.2) is 10.2 Å². The molecule has 8 nitrogen and oxygen atoms in total. The summed E-state index contributed by atoms with van der Waals surface area (Å²) in [5, 5.41) is 14.7. The molecule has 3 N–H and O–H groups in total. The van der Waals surface area contributed by atoms with Gasteiger partial charge in [0.05, 0.1) is 5.71 Å². The number of carbonyl (C=O) groups excluding carboxylic acids is 1. The molecule has 0 aromatic carbocycles. The minimum atomic E-state index is -0.692. The first-order chi connectivity index (χ1) is 12.5. The number of hydrazone groups is 1. The molecule has 1 saturated carbocycles. The summed E-state index contributed by atoms with van der Waals surface area (Å²) in [7, 11) is 0. The second kappa shape index (κ2) is 9.35. The van der Waals surface area contributed by atoms with Crippen molar-refractivity contribution in [2.24, 2.45) is 5.10 Å². The average molecular weight is 364 g/mol. The number of rotatable bonds is 7. The van der Waals surface area contributed by atoms with Crippen LogP contribution in [0, 0.1) is 0 Å². The molecule has 1 aliphatic rings. The van der Waals surface area contributed by atoms with E-state index in [1.807, 2.05) is 6.92 Å². The highest BCUT2D eigenvalue weighted by Crippen LogP contribution is 2.30. The van der Waals surface area contributed by atoms with Crippen LogP contribution in [-0.2, 0) is 4.79 Å². The van der Waals surface area contributed by atoms with Crippen molar-refractivity contribution in [3.05, 3.63) is 26.4 Å². The van der Waals surface area contributed by atoms with Crippen molar-refractivity contribution in [3.8, 4) is 5.88 Å². The molecule has 8 heteroatoms. The number of aromatic hydroxyl groups is 1. The molecular formula is C18H28N4O4. The number of hydrogen-bond acceptors (Lipinski definition) is 5. The van der Waals surface area contributed by atoms with E-state index in [0.29, 0.717) is 12.8 Å². The van der Waals surface area contributed by atoms with Crippen LogP contribution in [0.4, 0.5) is 0 Å². The summed E-state index contributed by atoms with van der Waals surface area (Å²) in [5.74, 6) is -0.608. The van der Waals surface area contributed by atoms with Crippen molar-refractivity contribution in [3.63, 3.8) is 0 Å². The summed E-state index contributed by atoms with van der Waals surface area (Å²) in [5.41, 5.74) is 1.34. The molecule has 144 valence electrons. The lowest BCUT2D eigenvalue weighted by molar-refractivity contribution is -0.121. The molecule has 0 spiro atoms. The predicted molar refractivity (Wildman–Crippen MR) is 99.6 cm³/mol. The summed E-state index contributed by atoms with van der Waals surface area (Å²) < 4.78 is 1.26. The molecule has 26 heavy (non-hydrogen) atoms. The van der Waals surface area contributed by atoms with Crippen molar-refractivity contribution in [2.45, 2.75) is 77.7 Å². The first-order valence-electron chi connectivity index (χ1n) is 9.43. The molecule has 1 amide bonds. The molecule has 0 unspecified atom stereocenters. The number of H-pyrrole nitrogens is 1. The smallest absolute Gasteiger partial charge is 0.331 e. The van der Waals surface area contributed by atoms with Crippen LogP contribution in [0.25, 0.3) is 0 Å². The highest BCUT2D eigenvalue weighted by molar-refractivity contribution is 6.02. The van der Waals surface area contributed by atoms with Crippen molar-refractivity contribution < 1.29 is 9.90 Å². The lowest BCUT2D eigenvalue weighted by atomic mass is 9.95. The van der Waals surface area contributed by atoms with Gasteiger partial charge in [0.1, 0.15) is 5.56 Å². The first kappa shape index (κ1) is 19.9. The molecule has 2 rings (SSSR count). The number of hydrogen-bond donors (Lipinski definition) is 3. The third-order valence-electron chi connectivity index (χ3n) is 4.75. The van der Waals surface area contributed by atoms with Gasteiger partial charge in [0.15, 0.2) is 0 Å². The Bertz CT molecular complexity index is 772. The van der Waals surface area contributed by atoms with Crippen LogP contribution < -0.4 is 16.7 Å². The fraction of sp³-hybridized carbons (Fsp3) is 0.667. The predicted octanol–water partition coefficient (Wildman–Crippen LogP) is 2.17. The molecule has 0 bridgehead atoms. The van der Waals surface area contributed by atoms with Crippen molar-refractivity contribution in [1.82, 2.24) is 15.0 Å². The third-order valence-corrected chi connectivity index (χ3v) is 4.75. The minimum absolute atomic E-state index is 0.0477. The number of unbranched alkanes of at least 4 members (excludes halogenated alkanes) is 1. The summed E-state index contributed by atoms with van der Waals surface area (Å²) in [6, 6.07) is -0.135. The zero-order valence-corrected chi connectivity index (χ0v) is 15.5. The van der Waals surface area contributed by atoms with Crippen molar-refractivity contribution in [2.75, 3.05) is 0 Å². The van der Waals surface area contributed by atoms with Crippen LogP contribution in [0.5, 0.6) is 5.88 Å². The van der Waals surface area contributed by atoms with Gasteiger partial charge in [-0.3, -0.25) is 19.1 Å². The first-order valence-corrected chi connectivity index (χ1v) is 9.43. The van der Waals surface area contributed by atoms with Crippen molar-refractivity contribution in [1.29, 1.82) is 0 Å². The standard InChI is InChI=1S/C18H28N4O4/c1-3-5-11-14(23)21-20-13(4-2)15-16(24)19-18(26)22(17(15)25)12-9-7-6-8-10-12/h12,25H,3-11H2,1-2H3,(H,21,23)(H,19,24,26). The van der Waals surface area contributed by atoms with Gasteiger partial charge in [-0.05, 0) is 25.7 Å². The molecule has 0 aliphatic heterocycles. The van der Waals surface area contributed by atoms with Gasteiger partial charge >= 0.3 is 5.69 Å². The molecule has 1 fully saturated rings. The number of aromatic amines is 1. The molecule has 0 atom stereocenters. The summed E-state index contributed by atoms with van der Waals surface area (Å²) >= 11 is 0. The van der Waals surface area contributed by atoms with E-state index in [2.05, 4.69) is 15.5 Å². The fourth-order valence-electron chi connectivity index (χ4n) is 3.31. The van der Waals surface area contributed by atoms with E-state index in [1.165, 1.54) is 4.57 Å². The Hall–Kier alpha value is -2.38. The maximum Gasteiger partial charge on any atom is 0.331 e. The Kier molecular flexibility index (Phi) is 7.17. The van der Waals surface area contributed by atoms with E-state index in [4.69, 9.17) is 0 Å². The summed E-state index contributed by atoms with van der Waals surface area (Å²) in [6.07, 6.45) is 6.95. The zero-order valence-electron chi connectivity index (χ0n) is 15.5. The van der Waals surface area contributed by atoms with Gasteiger partial charge in [0.2, 0.25) is 11.8 Å². The molecule has 1 aliphatic carbocycles. The Labute approximate surface area is 152 Å². The van der Waals surface area contributed by atoms with Gasteiger partial charge < -0.3 is 5.11 Å². The monoisotopic (exact) mass is 364 g/mol. The topological polar surface area (TPSA) is 117 Å². The van der Waals surface area contributed by atoms with Crippen LogP contribution in [-0.4, -0.2) is 26.3 Å². The Morgan fingerprint density at radius 3 is 2.58 bits per heavy atom. The van der Waals surface area contributed by atoms with Crippen molar-refractivity contribution >= 4 is 11.6 Å². The van der Waals surface area contributed by atoms with Gasteiger partial charge in [0.25, 0.3) is 5.56 Å². The van der Waals surface area contributed by atoms with E-state index < -0.39 is 11.2 Å². The fourth-order valence-corrected chi connectivity index (χ4v) is 3.31. The van der Waals surface area contributed by atoms with Crippen LogP contribution in [0.3, 0.4) is 0 Å². The van der Waals surface area contributed by atoms with Crippen LogP contribution in [0.2, 0.25) is 0 Å². The average Bonchev–Trinajstić information content (AvgIpc) is 2.63. The lowest BCUT2D eigenvalue weighted by Crippen LogP contribution is -2.37. The second-order valence-corrected chi connectivity index (χ2v) is 6.67. The largest absolute Gasteiger partial charge is 0.494 e. The van der Waals surface area contributed by atoms with E-state index in [0.717, 1.165) is 44.9 Å². The minimum Gasteiger partial charge on any atom is -0.494 e. The molecular weight excluding hydrogens is 336 g/mol. The van der Waals surface area contributed by atoms with E-state index in [9.17, 15) is 19.5 Å². The normalized spacial score (nSPS) is 15.8. The highest BCUT2D eigenvalue weighted by Gasteiger charge is 2.24. The second-order valence-electron chi connectivity index (χ2n) is 6.67. The van der Waals surface area contributed by atoms with Crippen LogP contribution in [0.1, 0.15) is 83.2 Å². The highest BCUT2D eigenvalue weighted by atomic mass is 16.3.